The summed E-state index contributed by atoms with van der Waals surface area (Å²) in [4.78, 5) is 28.4. The number of anilines is 1. The van der Waals surface area contributed by atoms with Gasteiger partial charge in [0.2, 0.25) is 11.8 Å². The number of carbonyl (C=O) groups is 2. The lowest BCUT2D eigenvalue weighted by Crippen LogP contribution is -2.42. The minimum absolute atomic E-state index is 0.0799. The summed E-state index contributed by atoms with van der Waals surface area (Å²) in [5, 5.41) is 7.41. The average molecular weight is 547 g/mol. The van der Waals surface area contributed by atoms with Crippen LogP contribution in [0.1, 0.15) is 54.2 Å². The third-order valence-electron chi connectivity index (χ3n) is 6.67. The highest BCUT2D eigenvalue weighted by Gasteiger charge is 2.40. The molecule has 0 aliphatic carbocycles. The Kier molecular flexibility index (Phi) is 7.36. The Labute approximate surface area is 231 Å². The summed E-state index contributed by atoms with van der Waals surface area (Å²) >= 11 is 1.36. The summed E-state index contributed by atoms with van der Waals surface area (Å²) < 4.78 is 22.3. The molecule has 7 nitrogen and oxygen atoms in total. The largest absolute Gasteiger partial charge is 0.467 e. The van der Waals surface area contributed by atoms with E-state index in [0.717, 1.165) is 22.5 Å². The van der Waals surface area contributed by atoms with Crippen LogP contribution in [0.5, 0.6) is 0 Å². The zero-order valence-corrected chi connectivity index (χ0v) is 23.2. The van der Waals surface area contributed by atoms with Crippen LogP contribution in [0, 0.1) is 12.7 Å². The number of thioether (sulfide) groups is 1. The molecular weight excluding hydrogens is 515 g/mol. The molecule has 4 aromatic rings. The van der Waals surface area contributed by atoms with Crippen molar-refractivity contribution in [3.05, 3.63) is 101 Å². The molecule has 0 radical (unpaired) electrons. The van der Waals surface area contributed by atoms with Gasteiger partial charge in [0.05, 0.1) is 35.2 Å². The molecule has 9 heteroatoms. The number of rotatable bonds is 6. The third kappa shape index (κ3) is 5.36. The maximum atomic E-state index is 15.3. The lowest BCUT2D eigenvalue weighted by molar-refractivity contribution is -0.123. The Balaban J connectivity index is 1.70. The molecule has 2 aromatic carbocycles. The Hall–Kier alpha value is -3.85. The Morgan fingerprint density at radius 3 is 2.56 bits per heavy atom. The minimum Gasteiger partial charge on any atom is -0.467 e. The second-order valence-electron chi connectivity index (χ2n) is 10.6. The van der Waals surface area contributed by atoms with Crippen LogP contribution in [0.25, 0.3) is 5.69 Å². The number of hydrogen-bond donors (Lipinski definition) is 1. The lowest BCUT2D eigenvalue weighted by Gasteiger charge is -2.25. The molecule has 0 saturated heterocycles. The molecule has 0 bridgehead atoms. The zero-order chi connectivity index (χ0) is 27.7. The molecule has 1 N–H and O–H groups in total. The molecule has 5 rings (SSSR count). The Bertz CT molecular complexity index is 1510. The van der Waals surface area contributed by atoms with Gasteiger partial charge in [-0.3, -0.25) is 14.5 Å². The fraction of sp³-hybridized carbons (Fsp3) is 0.300. The van der Waals surface area contributed by atoms with E-state index in [9.17, 15) is 9.59 Å². The van der Waals surface area contributed by atoms with Gasteiger partial charge >= 0.3 is 0 Å². The first-order chi connectivity index (χ1) is 18.6. The van der Waals surface area contributed by atoms with Gasteiger partial charge in [0.15, 0.2) is 0 Å². The van der Waals surface area contributed by atoms with Gasteiger partial charge in [0.25, 0.3) is 0 Å². The molecule has 2 aromatic heterocycles. The molecule has 0 saturated carbocycles. The first-order valence-corrected chi connectivity index (χ1v) is 13.8. The first kappa shape index (κ1) is 26.7. The van der Waals surface area contributed by atoms with Crippen molar-refractivity contribution in [3.8, 4) is 5.69 Å². The normalized spacial score (nSPS) is 15.7. The van der Waals surface area contributed by atoms with E-state index >= 15 is 4.39 Å². The number of furan rings is 1. The highest BCUT2D eigenvalue weighted by atomic mass is 32.2. The van der Waals surface area contributed by atoms with Crippen LogP contribution in [-0.2, 0) is 21.5 Å². The molecule has 1 aliphatic heterocycles. The SMILES string of the molecule is Cc1ccccc1-n1nc(C(C)(C)C)c2c1N(CC(=O)NCc1ccco1)C(=O)CS[C@@H]2c1ccccc1F. The van der Waals surface area contributed by atoms with Crippen LogP contribution in [-0.4, -0.2) is 33.9 Å². The summed E-state index contributed by atoms with van der Waals surface area (Å²) in [5.74, 6) is 0.253. The topological polar surface area (TPSA) is 80.4 Å². The number of aromatic nitrogens is 2. The molecule has 3 heterocycles. The lowest BCUT2D eigenvalue weighted by atomic mass is 9.87. The van der Waals surface area contributed by atoms with Crippen molar-refractivity contribution < 1.29 is 18.4 Å². The van der Waals surface area contributed by atoms with E-state index in [4.69, 9.17) is 9.52 Å². The van der Waals surface area contributed by atoms with Gasteiger partial charge < -0.3 is 9.73 Å². The number of hydrogen-bond acceptors (Lipinski definition) is 5. The second-order valence-corrected chi connectivity index (χ2v) is 11.7. The van der Waals surface area contributed by atoms with Crippen molar-refractivity contribution in [3.63, 3.8) is 0 Å². The molecule has 2 amide bonds. The van der Waals surface area contributed by atoms with Gasteiger partial charge in [-0.2, -0.15) is 5.10 Å². The second kappa shape index (κ2) is 10.7. The monoisotopic (exact) mass is 546 g/mol. The van der Waals surface area contributed by atoms with E-state index in [1.165, 1.54) is 22.7 Å². The van der Waals surface area contributed by atoms with Gasteiger partial charge in [-0.25, -0.2) is 9.07 Å². The summed E-state index contributed by atoms with van der Waals surface area (Å²) in [5.41, 5.74) is 3.29. The maximum absolute atomic E-state index is 15.3. The molecule has 202 valence electrons. The van der Waals surface area contributed by atoms with E-state index in [1.807, 2.05) is 52.0 Å². The smallest absolute Gasteiger partial charge is 0.240 e. The average Bonchev–Trinajstić information content (AvgIpc) is 3.53. The maximum Gasteiger partial charge on any atom is 0.240 e. The third-order valence-corrected chi connectivity index (χ3v) is 7.91. The van der Waals surface area contributed by atoms with Gasteiger partial charge in [0.1, 0.15) is 23.9 Å². The molecule has 1 aliphatic rings. The van der Waals surface area contributed by atoms with Crippen LogP contribution in [0.15, 0.2) is 71.3 Å². The molecule has 39 heavy (non-hydrogen) atoms. The molecule has 0 spiro atoms. The van der Waals surface area contributed by atoms with Gasteiger partial charge in [-0.1, -0.05) is 57.2 Å². The highest BCUT2D eigenvalue weighted by molar-refractivity contribution is 8.00. The number of amides is 2. The van der Waals surface area contributed by atoms with Gasteiger partial charge in [0, 0.05) is 16.5 Å². The number of benzene rings is 2. The highest BCUT2D eigenvalue weighted by Crippen LogP contribution is 2.49. The van der Waals surface area contributed by atoms with E-state index < -0.39 is 10.7 Å². The fourth-order valence-corrected chi connectivity index (χ4v) is 5.99. The van der Waals surface area contributed by atoms with Crippen molar-refractivity contribution in [2.75, 3.05) is 17.2 Å². The number of fused-ring (bicyclic) bond motifs is 1. The zero-order valence-electron chi connectivity index (χ0n) is 22.4. The van der Waals surface area contributed by atoms with E-state index in [-0.39, 0.29) is 36.5 Å². The van der Waals surface area contributed by atoms with Gasteiger partial charge in [-0.15, -0.1) is 11.8 Å². The summed E-state index contributed by atoms with van der Waals surface area (Å²) in [6.07, 6.45) is 1.54. The van der Waals surface area contributed by atoms with Crippen molar-refractivity contribution in [1.82, 2.24) is 15.1 Å². The predicted molar refractivity (Wildman–Crippen MR) is 151 cm³/mol. The molecule has 0 unspecified atom stereocenters. The predicted octanol–water partition coefficient (Wildman–Crippen LogP) is 5.70. The Morgan fingerprint density at radius 2 is 1.87 bits per heavy atom. The quantitative estimate of drug-likeness (QED) is 0.336. The molecule has 0 fully saturated rings. The number of carbonyl (C=O) groups excluding carboxylic acids is 2. The summed E-state index contributed by atoms with van der Waals surface area (Å²) in [6.45, 7) is 8.12. The van der Waals surface area contributed by atoms with Crippen molar-refractivity contribution in [2.24, 2.45) is 0 Å². The summed E-state index contributed by atoms with van der Waals surface area (Å²) in [7, 11) is 0. The van der Waals surface area contributed by atoms with Crippen LogP contribution < -0.4 is 10.2 Å². The van der Waals surface area contributed by atoms with Crippen LogP contribution >= 0.6 is 11.8 Å². The van der Waals surface area contributed by atoms with Crippen molar-refractivity contribution in [2.45, 2.75) is 44.9 Å². The molecule has 1 atom stereocenters. The Morgan fingerprint density at radius 1 is 1.13 bits per heavy atom. The number of nitrogens with one attached hydrogen (secondary N) is 1. The van der Waals surface area contributed by atoms with Crippen LogP contribution in [0.2, 0.25) is 0 Å². The first-order valence-electron chi connectivity index (χ1n) is 12.8. The summed E-state index contributed by atoms with van der Waals surface area (Å²) in [6, 6.07) is 17.9. The number of nitrogens with zero attached hydrogens (tertiary/aromatic N) is 3. The van der Waals surface area contributed by atoms with E-state index in [1.54, 1.807) is 41.3 Å². The van der Waals surface area contributed by atoms with E-state index in [0.29, 0.717) is 17.1 Å². The molecular formula is C30H31FN4O3S. The number of halogens is 1. The van der Waals surface area contributed by atoms with Crippen molar-refractivity contribution >= 4 is 29.4 Å². The van der Waals surface area contributed by atoms with Gasteiger partial charge in [-0.05, 0) is 36.8 Å². The minimum atomic E-state index is -0.492. The number of aryl methyl sites for hydroxylation is 1. The van der Waals surface area contributed by atoms with E-state index in [2.05, 4.69) is 5.32 Å². The number of para-hydroxylation sites is 1. The fourth-order valence-electron chi connectivity index (χ4n) is 4.77. The van der Waals surface area contributed by atoms with Crippen LogP contribution in [0.4, 0.5) is 10.2 Å². The van der Waals surface area contributed by atoms with Crippen molar-refractivity contribution in [1.29, 1.82) is 0 Å². The van der Waals surface area contributed by atoms with Crippen LogP contribution in [0.3, 0.4) is 0 Å². The standard InChI is InChI=1S/C30H31FN4O3S/c1-19-10-5-8-14-23(19)35-29-26(28(33-35)30(2,3)4)27(21-12-6-7-13-22(21)31)39-18-25(37)34(29)17-24(36)32-16-20-11-9-15-38-20/h5-15,27H,16-18H2,1-4H3,(H,32,36)/t27-/m1/s1.